The molecule has 1 nitrogen and oxygen atoms in total. The molecule has 4 aromatic carbocycles. The fraction of sp³-hybridized carbons (Fsp3) is 0. The zero-order chi connectivity index (χ0) is 19.7. The summed E-state index contributed by atoms with van der Waals surface area (Å²) in [6, 6.07) is 44.1. The van der Waals surface area contributed by atoms with E-state index >= 15 is 0 Å². The van der Waals surface area contributed by atoms with Gasteiger partial charge in [-0.2, -0.15) is 0 Å². The summed E-state index contributed by atoms with van der Waals surface area (Å²) in [6.07, 6.45) is 1.81. The van der Waals surface area contributed by atoms with Crippen LogP contribution in [-0.4, -0.2) is 11.7 Å². The van der Waals surface area contributed by atoms with Crippen molar-refractivity contribution in [2.45, 2.75) is 0 Å². The highest BCUT2D eigenvalue weighted by Crippen LogP contribution is 2.07. The molecule has 0 saturated heterocycles. The number of hydrogen-bond acceptors (Lipinski definition) is 1. The molecule has 0 radical (unpaired) electrons. The van der Waals surface area contributed by atoms with Crippen LogP contribution in [0.15, 0.2) is 134 Å². The molecule has 0 spiro atoms. The van der Waals surface area contributed by atoms with Crippen molar-refractivity contribution in [2.75, 3.05) is 0 Å². The molecule has 2 heteroatoms. The van der Waals surface area contributed by atoms with Gasteiger partial charge < -0.3 is 0 Å². The quantitative estimate of drug-likeness (QED) is 0.428. The summed E-state index contributed by atoms with van der Waals surface area (Å²) < 4.78 is 0. The monoisotopic (exact) mass is 371 g/mol. The predicted octanol–water partition coefficient (Wildman–Crippen LogP) is 4.44. The van der Waals surface area contributed by atoms with Gasteiger partial charge >= 0.3 is 0 Å². The highest BCUT2D eigenvalue weighted by atomic mass is 14.6. The van der Waals surface area contributed by atoms with Crippen molar-refractivity contribution in [3.63, 3.8) is 0 Å². The Kier molecular flexibility index (Phi) is 6.14. The van der Waals surface area contributed by atoms with Gasteiger partial charge in [-0.15, -0.1) is 0 Å². The lowest BCUT2D eigenvalue weighted by Gasteiger charge is -2.15. The smallest absolute Gasteiger partial charge is 0.241 e. The molecule has 138 valence electrons. The van der Waals surface area contributed by atoms with E-state index in [2.05, 4.69) is 108 Å². The first-order valence-electron chi connectivity index (χ1n) is 9.86. The molecule has 0 N–H and O–H groups in total. The van der Waals surface area contributed by atoms with E-state index in [1.54, 1.807) is 0 Å². The average molecular weight is 371 g/mol. The SMILES string of the molecule is c1ccc(B(c2ccccc2)c2ccccc2)cc1.c1ccc2ncccc2c1. The summed E-state index contributed by atoms with van der Waals surface area (Å²) in [5.41, 5.74) is 5.06. The number of fused-ring (bicyclic) bond motifs is 1. The van der Waals surface area contributed by atoms with Crippen LogP contribution in [0, 0.1) is 0 Å². The van der Waals surface area contributed by atoms with E-state index in [9.17, 15) is 0 Å². The molecular weight excluding hydrogens is 349 g/mol. The summed E-state index contributed by atoms with van der Waals surface area (Å²) in [5.74, 6) is 0. The Labute approximate surface area is 172 Å². The van der Waals surface area contributed by atoms with Crippen molar-refractivity contribution in [2.24, 2.45) is 0 Å². The Morgan fingerprint density at radius 2 is 0.828 bits per heavy atom. The van der Waals surface area contributed by atoms with Gasteiger partial charge in [0.05, 0.1) is 5.52 Å². The highest BCUT2D eigenvalue weighted by molar-refractivity contribution is 6.95. The molecule has 0 amide bonds. The van der Waals surface area contributed by atoms with E-state index in [0.29, 0.717) is 6.71 Å². The topological polar surface area (TPSA) is 12.9 Å². The first-order valence-corrected chi connectivity index (χ1v) is 9.86. The molecule has 0 fully saturated rings. The Hall–Kier alpha value is -3.65. The molecule has 5 aromatic rings. The lowest BCUT2D eigenvalue weighted by atomic mass is 9.37. The lowest BCUT2D eigenvalue weighted by Crippen LogP contribution is -2.51. The van der Waals surface area contributed by atoms with Crippen LogP contribution in [0.2, 0.25) is 0 Å². The van der Waals surface area contributed by atoms with Crippen molar-refractivity contribution in [1.29, 1.82) is 0 Å². The first kappa shape index (κ1) is 18.7. The zero-order valence-electron chi connectivity index (χ0n) is 16.2. The minimum atomic E-state index is 0.309. The standard InChI is InChI=1S/C18H15B.C9H7N/c1-4-10-16(11-5-1)19(17-12-6-2-7-13-17)18-14-8-3-9-15-18;1-2-6-9-8(4-1)5-3-7-10-9/h1-15H;1-7H. The molecule has 0 unspecified atom stereocenters. The van der Waals surface area contributed by atoms with Gasteiger partial charge in [0.2, 0.25) is 6.71 Å². The fourth-order valence-electron chi connectivity index (χ4n) is 3.53. The van der Waals surface area contributed by atoms with E-state index in [-0.39, 0.29) is 0 Å². The Bertz CT molecular complexity index is 983. The van der Waals surface area contributed by atoms with Gasteiger partial charge in [-0.05, 0) is 12.1 Å². The predicted molar refractivity (Wildman–Crippen MR) is 126 cm³/mol. The molecule has 29 heavy (non-hydrogen) atoms. The van der Waals surface area contributed by atoms with Crippen LogP contribution in [-0.2, 0) is 0 Å². The van der Waals surface area contributed by atoms with Gasteiger partial charge in [-0.1, -0.05) is 132 Å². The normalized spacial score (nSPS) is 10.1. The van der Waals surface area contributed by atoms with E-state index in [4.69, 9.17) is 0 Å². The Morgan fingerprint density at radius 1 is 0.414 bits per heavy atom. The number of pyridine rings is 1. The van der Waals surface area contributed by atoms with Crippen molar-refractivity contribution in [3.8, 4) is 0 Å². The molecule has 0 saturated carbocycles. The second-order valence-corrected chi connectivity index (χ2v) is 6.86. The number of aromatic nitrogens is 1. The zero-order valence-corrected chi connectivity index (χ0v) is 16.2. The first-order chi connectivity index (χ1) is 14.4. The van der Waals surface area contributed by atoms with E-state index in [1.165, 1.54) is 21.8 Å². The summed E-state index contributed by atoms with van der Waals surface area (Å²) in [6.45, 7) is 0.309. The second kappa shape index (κ2) is 9.52. The second-order valence-electron chi connectivity index (χ2n) is 6.86. The van der Waals surface area contributed by atoms with Crippen LogP contribution in [0.1, 0.15) is 0 Å². The van der Waals surface area contributed by atoms with Crippen LogP contribution < -0.4 is 16.4 Å². The Balaban J connectivity index is 0.000000171. The van der Waals surface area contributed by atoms with Crippen LogP contribution in [0.4, 0.5) is 0 Å². The van der Waals surface area contributed by atoms with Gasteiger partial charge in [0.15, 0.2) is 0 Å². The number of benzene rings is 4. The minimum absolute atomic E-state index is 0.309. The summed E-state index contributed by atoms with van der Waals surface area (Å²) >= 11 is 0. The van der Waals surface area contributed by atoms with E-state index < -0.39 is 0 Å². The van der Waals surface area contributed by atoms with Crippen LogP contribution >= 0.6 is 0 Å². The van der Waals surface area contributed by atoms with Gasteiger partial charge in [-0.25, -0.2) is 0 Å². The Morgan fingerprint density at radius 3 is 1.31 bits per heavy atom. The minimum Gasteiger partial charge on any atom is -0.256 e. The third kappa shape index (κ3) is 4.80. The van der Waals surface area contributed by atoms with Crippen molar-refractivity contribution < 1.29 is 0 Å². The molecule has 0 atom stereocenters. The van der Waals surface area contributed by atoms with Crippen LogP contribution in [0.3, 0.4) is 0 Å². The maximum Gasteiger partial charge on any atom is 0.241 e. The third-order valence-corrected chi connectivity index (χ3v) is 4.91. The van der Waals surface area contributed by atoms with Gasteiger partial charge in [0, 0.05) is 11.6 Å². The molecule has 0 aliphatic rings. The maximum absolute atomic E-state index is 4.18. The largest absolute Gasteiger partial charge is 0.256 e. The number of hydrogen-bond donors (Lipinski definition) is 0. The number of para-hydroxylation sites is 1. The van der Waals surface area contributed by atoms with E-state index in [1.807, 2.05) is 30.5 Å². The number of nitrogens with zero attached hydrogens (tertiary/aromatic N) is 1. The van der Waals surface area contributed by atoms with Gasteiger partial charge in [0.1, 0.15) is 0 Å². The molecule has 5 rings (SSSR count). The average Bonchev–Trinajstić information content (AvgIpc) is 2.82. The van der Waals surface area contributed by atoms with Crippen LogP contribution in [0.5, 0.6) is 0 Å². The molecule has 1 heterocycles. The molecule has 0 aliphatic heterocycles. The van der Waals surface area contributed by atoms with Crippen molar-refractivity contribution in [1.82, 2.24) is 4.98 Å². The van der Waals surface area contributed by atoms with Crippen LogP contribution in [0.25, 0.3) is 10.9 Å². The van der Waals surface area contributed by atoms with Gasteiger partial charge in [-0.3, -0.25) is 4.98 Å². The third-order valence-electron chi connectivity index (χ3n) is 4.91. The molecule has 0 aliphatic carbocycles. The molecular formula is C27H22BN. The van der Waals surface area contributed by atoms with Gasteiger partial charge in [0.25, 0.3) is 0 Å². The van der Waals surface area contributed by atoms with Crippen molar-refractivity contribution >= 4 is 34.0 Å². The summed E-state index contributed by atoms with van der Waals surface area (Å²) in [4.78, 5) is 4.18. The molecule has 0 bridgehead atoms. The lowest BCUT2D eigenvalue weighted by molar-refractivity contribution is 1.41. The number of rotatable bonds is 3. The fourth-order valence-corrected chi connectivity index (χ4v) is 3.53. The summed E-state index contributed by atoms with van der Waals surface area (Å²) in [7, 11) is 0. The van der Waals surface area contributed by atoms with Crippen molar-refractivity contribution in [3.05, 3.63) is 134 Å². The summed E-state index contributed by atoms with van der Waals surface area (Å²) in [5, 5.41) is 1.20. The maximum atomic E-state index is 4.18. The molecule has 1 aromatic heterocycles. The van der Waals surface area contributed by atoms with E-state index in [0.717, 1.165) is 5.52 Å². The highest BCUT2D eigenvalue weighted by Gasteiger charge is 2.20.